The summed E-state index contributed by atoms with van der Waals surface area (Å²) in [7, 11) is 0. The van der Waals surface area contributed by atoms with Crippen LogP contribution in [0.2, 0.25) is 0 Å². The average Bonchev–Trinajstić information content (AvgIpc) is 2.71. The van der Waals surface area contributed by atoms with Crippen molar-refractivity contribution in [1.29, 1.82) is 0 Å². The lowest BCUT2D eigenvalue weighted by Crippen LogP contribution is -2.73. The molecule has 5 nitrogen and oxygen atoms in total. The Kier molecular flexibility index (Phi) is 4.16. The number of benzene rings is 3. The maximum absolute atomic E-state index is 13.2. The number of carbonyl (C=O) groups is 1. The summed E-state index contributed by atoms with van der Waals surface area (Å²) in [6.07, 6.45) is 0. The number of carbonyl (C=O) groups excluding carboxylic acids is 1. The third-order valence-corrected chi connectivity index (χ3v) is 4.43. The van der Waals surface area contributed by atoms with Gasteiger partial charge in [-0.2, -0.15) is 10.9 Å². The van der Waals surface area contributed by atoms with Crippen LogP contribution in [0, 0.1) is 0 Å². The van der Waals surface area contributed by atoms with E-state index in [9.17, 15) is 4.79 Å². The van der Waals surface area contributed by atoms with Crippen LogP contribution in [0.25, 0.3) is 0 Å². The second kappa shape index (κ2) is 6.63. The first-order valence-electron chi connectivity index (χ1n) is 8.53. The van der Waals surface area contributed by atoms with Crippen molar-refractivity contribution in [3.63, 3.8) is 0 Å². The molecule has 1 aliphatic rings. The van der Waals surface area contributed by atoms with Gasteiger partial charge in [-0.25, -0.2) is 14.8 Å². The predicted molar refractivity (Wildman–Crippen MR) is 103 cm³/mol. The molecule has 3 aromatic carbocycles. The molecule has 2 N–H and O–H groups in total. The van der Waals surface area contributed by atoms with E-state index in [4.69, 9.17) is 0 Å². The fraction of sp³-hybridized carbons (Fsp3) is 0.0952. The van der Waals surface area contributed by atoms with Gasteiger partial charge in [0.2, 0.25) is 0 Å². The largest absolute Gasteiger partial charge is 0.358 e. The predicted octanol–water partition coefficient (Wildman–Crippen LogP) is 4.02. The first-order valence-corrected chi connectivity index (χ1v) is 8.53. The smallest absolute Gasteiger partial charge is 0.245 e. The van der Waals surface area contributed by atoms with Crippen molar-refractivity contribution in [1.82, 2.24) is 10.9 Å². The molecule has 0 atom stereocenters. The Balaban J connectivity index is 1.79. The van der Waals surface area contributed by atoms with Gasteiger partial charge in [0.1, 0.15) is 5.66 Å². The number of nitrogens with one attached hydrogen (secondary N) is 2. The van der Waals surface area contributed by atoms with Gasteiger partial charge in [-0.3, -0.25) is 0 Å². The highest BCUT2D eigenvalue weighted by Gasteiger charge is 2.41. The van der Waals surface area contributed by atoms with Crippen LogP contribution < -0.4 is 20.9 Å². The molecule has 0 bridgehead atoms. The molecule has 1 saturated heterocycles. The average molecular weight is 344 g/mol. The Morgan fingerprint density at radius 1 is 0.654 bits per heavy atom. The van der Waals surface area contributed by atoms with E-state index in [-0.39, 0.29) is 6.03 Å². The minimum atomic E-state index is -0.666. The number of hydrazine groups is 2. The van der Waals surface area contributed by atoms with Gasteiger partial charge in [0, 0.05) is 0 Å². The third kappa shape index (κ3) is 2.94. The van der Waals surface area contributed by atoms with E-state index >= 15 is 0 Å². The summed E-state index contributed by atoms with van der Waals surface area (Å²) in [5.41, 5.74) is 8.60. The number of anilines is 2. The zero-order valence-electron chi connectivity index (χ0n) is 14.5. The standard InChI is InChI=1S/C21H20N4O/c1-21(17-11-5-2-6-12-17)22-24(18-13-7-3-8-14-18)20(26)25(23-21)19-15-9-4-10-16-19/h2-16,22-23H,1H3. The zero-order chi connectivity index (χ0) is 18.0. The van der Waals surface area contributed by atoms with Gasteiger partial charge in [0.15, 0.2) is 0 Å². The summed E-state index contributed by atoms with van der Waals surface area (Å²) in [6, 6.07) is 29.0. The van der Waals surface area contributed by atoms with Crippen molar-refractivity contribution in [3.8, 4) is 0 Å². The number of hydrogen-bond donors (Lipinski definition) is 2. The summed E-state index contributed by atoms with van der Waals surface area (Å²) in [5.74, 6) is 0. The number of rotatable bonds is 3. The van der Waals surface area contributed by atoms with Gasteiger partial charge in [0.25, 0.3) is 0 Å². The highest BCUT2D eigenvalue weighted by molar-refractivity contribution is 6.03. The molecule has 130 valence electrons. The summed E-state index contributed by atoms with van der Waals surface area (Å²) in [4.78, 5) is 13.2. The van der Waals surface area contributed by atoms with Crippen molar-refractivity contribution in [2.75, 3.05) is 10.0 Å². The van der Waals surface area contributed by atoms with Crippen LogP contribution in [-0.2, 0) is 5.66 Å². The second-order valence-electron chi connectivity index (χ2n) is 6.34. The molecule has 3 aromatic rings. The Labute approximate surface area is 152 Å². The van der Waals surface area contributed by atoms with Crippen molar-refractivity contribution in [2.45, 2.75) is 12.6 Å². The normalized spacial score (nSPS) is 16.6. The Morgan fingerprint density at radius 2 is 1.04 bits per heavy atom. The Hall–Kier alpha value is -3.15. The number of para-hydroxylation sites is 2. The lowest BCUT2D eigenvalue weighted by Gasteiger charge is -2.47. The van der Waals surface area contributed by atoms with Crippen molar-refractivity contribution in [3.05, 3.63) is 96.6 Å². The maximum Gasteiger partial charge on any atom is 0.358 e. The molecule has 0 unspecified atom stereocenters. The lowest BCUT2D eigenvalue weighted by atomic mass is 10.0. The van der Waals surface area contributed by atoms with E-state index in [1.54, 1.807) is 10.0 Å². The fourth-order valence-corrected chi connectivity index (χ4v) is 3.07. The molecule has 5 heteroatoms. The van der Waals surface area contributed by atoms with Crippen LogP contribution in [0.1, 0.15) is 12.5 Å². The third-order valence-electron chi connectivity index (χ3n) is 4.43. The number of hydrogen-bond acceptors (Lipinski definition) is 3. The minimum absolute atomic E-state index is 0.198. The van der Waals surface area contributed by atoms with E-state index in [1.165, 1.54) is 0 Å². The molecule has 26 heavy (non-hydrogen) atoms. The van der Waals surface area contributed by atoms with E-state index in [1.807, 2.05) is 97.9 Å². The Bertz CT molecular complexity index is 832. The van der Waals surface area contributed by atoms with Crippen molar-refractivity contribution in [2.24, 2.45) is 0 Å². The van der Waals surface area contributed by atoms with Gasteiger partial charge in [-0.15, -0.1) is 0 Å². The minimum Gasteiger partial charge on any atom is -0.245 e. The molecule has 4 rings (SSSR count). The molecule has 1 aliphatic heterocycles. The summed E-state index contributed by atoms with van der Waals surface area (Å²) in [5, 5.41) is 3.16. The molecule has 1 heterocycles. The summed E-state index contributed by atoms with van der Waals surface area (Å²) < 4.78 is 0. The van der Waals surface area contributed by atoms with Crippen LogP contribution in [0.4, 0.5) is 16.2 Å². The van der Waals surface area contributed by atoms with E-state index < -0.39 is 5.66 Å². The van der Waals surface area contributed by atoms with Crippen molar-refractivity contribution >= 4 is 17.4 Å². The molecular formula is C21H20N4O. The highest BCUT2D eigenvalue weighted by Crippen LogP contribution is 2.28. The van der Waals surface area contributed by atoms with E-state index in [0.29, 0.717) is 0 Å². The molecule has 0 aromatic heterocycles. The van der Waals surface area contributed by atoms with Crippen LogP contribution in [0.3, 0.4) is 0 Å². The monoisotopic (exact) mass is 344 g/mol. The molecule has 1 fully saturated rings. The first kappa shape index (κ1) is 16.3. The van der Waals surface area contributed by atoms with Crippen LogP contribution in [0.15, 0.2) is 91.0 Å². The van der Waals surface area contributed by atoms with Crippen LogP contribution in [-0.4, -0.2) is 6.03 Å². The molecule has 2 amide bonds. The summed E-state index contributed by atoms with van der Waals surface area (Å²) >= 11 is 0. The lowest BCUT2D eigenvalue weighted by molar-refractivity contribution is 0.201. The fourth-order valence-electron chi connectivity index (χ4n) is 3.07. The van der Waals surface area contributed by atoms with Crippen LogP contribution >= 0.6 is 0 Å². The number of amides is 2. The molecule has 0 spiro atoms. The maximum atomic E-state index is 13.2. The van der Waals surface area contributed by atoms with Gasteiger partial charge < -0.3 is 0 Å². The van der Waals surface area contributed by atoms with Gasteiger partial charge in [-0.1, -0.05) is 66.7 Å². The van der Waals surface area contributed by atoms with E-state index in [0.717, 1.165) is 16.9 Å². The number of urea groups is 1. The van der Waals surface area contributed by atoms with E-state index in [2.05, 4.69) is 10.9 Å². The molecule has 0 aliphatic carbocycles. The molecule has 0 saturated carbocycles. The zero-order valence-corrected chi connectivity index (χ0v) is 14.5. The van der Waals surface area contributed by atoms with Gasteiger partial charge in [0.05, 0.1) is 11.4 Å². The van der Waals surface area contributed by atoms with Gasteiger partial charge >= 0.3 is 6.03 Å². The van der Waals surface area contributed by atoms with Gasteiger partial charge in [-0.05, 0) is 36.8 Å². The quantitative estimate of drug-likeness (QED) is 0.754. The molecular weight excluding hydrogens is 324 g/mol. The topological polar surface area (TPSA) is 47.6 Å². The molecule has 0 radical (unpaired) electrons. The Morgan fingerprint density at radius 3 is 1.46 bits per heavy atom. The highest BCUT2D eigenvalue weighted by atomic mass is 16.2. The second-order valence-corrected chi connectivity index (χ2v) is 6.34. The number of nitrogens with zero attached hydrogens (tertiary/aromatic N) is 2. The first-order chi connectivity index (χ1) is 12.7. The SMILES string of the molecule is CC1(c2ccccc2)NN(c2ccccc2)C(=O)N(c2ccccc2)N1. The van der Waals surface area contributed by atoms with Crippen molar-refractivity contribution < 1.29 is 4.79 Å². The van der Waals surface area contributed by atoms with Crippen LogP contribution in [0.5, 0.6) is 0 Å². The summed E-state index contributed by atoms with van der Waals surface area (Å²) in [6.45, 7) is 2.01.